The number of ether oxygens (including phenoxy) is 1. The molecule has 140 valence electrons. The predicted molar refractivity (Wildman–Crippen MR) is 109 cm³/mol. The number of halogens is 3. The third-order valence-electron chi connectivity index (χ3n) is 4.23. The minimum absolute atomic E-state index is 0.212. The molecule has 0 spiro atoms. The van der Waals surface area contributed by atoms with Crippen LogP contribution in [0.5, 0.6) is 5.75 Å². The Bertz CT molecular complexity index is 863. The highest BCUT2D eigenvalue weighted by molar-refractivity contribution is 6.35. The van der Waals surface area contributed by atoms with E-state index in [9.17, 15) is 4.39 Å². The van der Waals surface area contributed by atoms with Gasteiger partial charge in [-0.2, -0.15) is 0 Å². The quantitative estimate of drug-likeness (QED) is 0.462. The molecule has 2 nitrogen and oxygen atoms in total. The summed E-state index contributed by atoms with van der Waals surface area (Å²) < 4.78 is 18.9. The molecule has 0 unspecified atom stereocenters. The molecule has 5 heteroatoms. The predicted octanol–water partition coefficient (Wildman–Crippen LogP) is 6.04. The Morgan fingerprint density at radius 2 is 1.56 bits per heavy atom. The SMILES string of the molecule is Fc1ccc(CCNCc2ccccc2OCc2c(Cl)cccc2Cl)cc1. The zero-order valence-corrected chi connectivity index (χ0v) is 16.2. The third kappa shape index (κ3) is 5.70. The van der Waals surface area contributed by atoms with Gasteiger partial charge in [0.25, 0.3) is 0 Å². The van der Waals surface area contributed by atoms with Crippen LogP contribution in [-0.2, 0) is 19.6 Å². The van der Waals surface area contributed by atoms with E-state index in [0.717, 1.165) is 35.4 Å². The van der Waals surface area contributed by atoms with Gasteiger partial charge in [0.2, 0.25) is 0 Å². The molecule has 3 aromatic rings. The normalized spacial score (nSPS) is 10.8. The van der Waals surface area contributed by atoms with E-state index in [2.05, 4.69) is 5.32 Å². The average molecular weight is 404 g/mol. The maximum absolute atomic E-state index is 12.9. The summed E-state index contributed by atoms with van der Waals surface area (Å²) in [5, 5.41) is 4.59. The lowest BCUT2D eigenvalue weighted by atomic mass is 10.1. The summed E-state index contributed by atoms with van der Waals surface area (Å²) in [6.45, 7) is 1.77. The second-order valence-corrected chi connectivity index (χ2v) is 6.96. The average Bonchev–Trinajstić information content (AvgIpc) is 2.67. The molecule has 0 aliphatic rings. The highest BCUT2D eigenvalue weighted by atomic mass is 35.5. The topological polar surface area (TPSA) is 21.3 Å². The van der Waals surface area contributed by atoms with Crippen LogP contribution in [0.25, 0.3) is 0 Å². The van der Waals surface area contributed by atoms with E-state index in [1.165, 1.54) is 12.1 Å². The molecule has 0 fully saturated rings. The van der Waals surface area contributed by atoms with Crippen LogP contribution in [0.1, 0.15) is 16.7 Å². The van der Waals surface area contributed by atoms with Crippen LogP contribution in [0.3, 0.4) is 0 Å². The fraction of sp³-hybridized carbons (Fsp3) is 0.182. The van der Waals surface area contributed by atoms with E-state index in [-0.39, 0.29) is 5.82 Å². The molecule has 0 saturated carbocycles. The Morgan fingerprint density at radius 3 is 2.30 bits per heavy atom. The van der Waals surface area contributed by atoms with E-state index in [1.54, 1.807) is 24.3 Å². The van der Waals surface area contributed by atoms with Crippen LogP contribution in [-0.4, -0.2) is 6.54 Å². The Labute approximate surface area is 168 Å². The Kier molecular flexibility index (Phi) is 7.11. The summed E-state index contributed by atoms with van der Waals surface area (Å²) in [5.74, 6) is 0.583. The fourth-order valence-corrected chi connectivity index (χ4v) is 3.22. The van der Waals surface area contributed by atoms with Crippen LogP contribution in [0, 0.1) is 5.82 Å². The second kappa shape index (κ2) is 9.75. The van der Waals surface area contributed by atoms with Crippen molar-refractivity contribution in [1.29, 1.82) is 0 Å². The molecule has 0 atom stereocenters. The van der Waals surface area contributed by atoms with Crippen molar-refractivity contribution in [2.75, 3.05) is 6.54 Å². The van der Waals surface area contributed by atoms with Gasteiger partial charge in [-0.05, 0) is 48.9 Å². The Hall–Kier alpha value is -2.07. The standard InChI is InChI=1S/C22H20Cl2FNO/c23-20-5-3-6-21(24)19(20)15-27-22-7-2-1-4-17(22)14-26-13-12-16-8-10-18(25)11-9-16/h1-11,26H,12-15H2. The smallest absolute Gasteiger partial charge is 0.124 e. The largest absolute Gasteiger partial charge is 0.488 e. The van der Waals surface area contributed by atoms with Gasteiger partial charge >= 0.3 is 0 Å². The van der Waals surface area contributed by atoms with Gasteiger partial charge < -0.3 is 10.1 Å². The molecule has 0 heterocycles. The maximum atomic E-state index is 12.9. The summed E-state index contributed by atoms with van der Waals surface area (Å²) in [6, 6.07) is 19.9. The molecule has 0 aliphatic heterocycles. The lowest BCUT2D eigenvalue weighted by Crippen LogP contribution is -2.17. The lowest BCUT2D eigenvalue weighted by molar-refractivity contribution is 0.302. The molecule has 0 aromatic heterocycles. The first-order valence-electron chi connectivity index (χ1n) is 8.72. The number of para-hydroxylation sites is 1. The van der Waals surface area contributed by atoms with Gasteiger partial charge in [-0.3, -0.25) is 0 Å². The van der Waals surface area contributed by atoms with Gasteiger partial charge in [0.05, 0.1) is 0 Å². The lowest BCUT2D eigenvalue weighted by Gasteiger charge is -2.14. The van der Waals surface area contributed by atoms with Gasteiger partial charge in [0.15, 0.2) is 0 Å². The van der Waals surface area contributed by atoms with Crippen molar-refractivity contribution in [1.82, 2.24) is 5.32 Å². The van der Waals surface area contributed by atoms with Crippen LogP contribution in [0.4, 0.5) is 4.39 Å². The fourth-order valence-electron chi connectivity index (χ4n) is 2.72. The molecular formula is C22H20Cl2FNO. The highest BCUT2D eigenvalue weighted by Gasteiger charge is 2.08. The molecule has 0 amide bonds. The first-order chi connectivity index (χ1) is 13.1. The van der Waals surface area contributed by atoms with Crippen LogP contribution in [0.15, 0.2) is 66.7 Å². The minimum Gasteiger partial charge on any atom is -0.488 e. The number of benzene rings is 3. The van der Waals surface area contributed by atoms with Crippen molar-refractivity contribution in [2.24, 2.45) is 0 Å². The van der Waals surface area contributed by atoms with Crippen LogP contribution >= 0.6 is 23.2 Å². The summed E-state index contributed by atoms with van der Waals surface area (Å²) in [5.41, 5.74) is 2.93. The minimum atomic E-state index is -0.212. The molecule has 1 N–H and O–H groups in total. The van der Waals surface area contributed by atoms with E-state index in [0.29, 0.717) is 23.2 Å². The molecule has 27 heavy (non-hydrogen) atoms. The second-order valence-electron chi connectivity index (χ2n) is 6.15. The Balaban J connectivity index is 1.55. The van der Waals surface area contributed by atoms with Crippen molar-refractivity contribution in [2.45, 2.75) is 19.6 Å². The first-order valence-corrected chi connectivity index (χ1v) is 9.48. The van der Waals surface area contributed by atoms with Gasteiger partial charge in [0.1, 0.15) is 18.2 Å². The van der Waals surface area contributed by atoms with Gasteiger partial charge in [0, 0.05) is 27.7 Å². The number of nitrogens with one attached hydrogen (secondary N) is 1. The maximum Gasteiger partial charge on any atom is 0.124 e. The van der Waals surface area contributed by atoms with Crippen LogP contribution in [0.2, 0.25) is 10.0 Å². The van der Waals surface area contributed by atoms with E-state index >= 15 is 0 Å². The van der Waals surface area contributed by atoms with Gasteiger partial charge in [-0.1, -0.05) is 59.6 Å². The zero-order valence-electron chi connectivity index (χ0n) is 14.7. The van der Waals surface area contributed by atoms with Crippen LogP contribution < -0.4 is 10.1 Å². The molecule has 3 aromatic carbocycles. The van der Waals surface area contributed by atoms with Gasteiger partial charge in [-0.15, -0.1) is 0 Å². The van der Waals surface area contributed by atoms with Crippen molar-refractivity contribution < 1.29 is 9.13 Å². The molecule has 0 bridgehead atoms. The molecule has 0 saturated heterocycles. The Morgan fingerprint density at radius 1 is 0.852 bits per heavy atom. The van der Waals surface area contributed by atoms with Crippen molar-refractivity contribution in [3.8, 4) is 5.75 Å². The molecule has 0 aliphatic carbocycles. The molecular weight excluding hydrogens is 384 g/mol. The van der Waals surface area contributed by atoms with E-state index < -0.39 is 0 Å². The van der Waals surface area contributed by atoms with E-state index in [4.69, 9.17) is 27.9 Å². The van der Waals surface area contributed by atoms with Gasteiger partial charge in [-0.25, -0.2) is 4.39 Å². The first kappa shape index (κ1) is 19.7. The zero-order chi connectivity index (χ0) is 19.1. The number of rotatable bonds is 8. The summed E-state index contributed by atoms with van der Waals surface area (Å²) in [6.07, 6.45) is 0.832. The number of hydrogen-bond acceptors (Lipinski definition) is 2. The van der Waals surface area contributed by atoms with Crippen molar-refractivity contribution in [3.63, 3.8) is 0 Å². The summed E-state index contributed by atoms with van der Waals surface area (Å²) in [7, 11) is 0. The molecule has 0 radical (unpaired) electrons. The van der Waals surface area contributed by atoms with Crippen molar-refractivity contribution >= 4 is 23.2 Å². The highest BCUT2D eigenvalue weighted by Crippen LogP contribution is 2.27. The number of hydrogen-bond donors (Lipinski definition) is 1. The van der Waals surface area contributed by atoms with Crippen molar-refractivity contribution in [3.05, 3.63) is 99.3 Å². The molecule has 3 rings (SSSR count). The summed E-state index contributed by atoms with van der Waals surface area (Å²) >= 11 is 12.4. The van der Waals surface area contributed by atoms with E-state index in [1.807, 2.05) is 30.3 Å². The monoisotopic (exact) mass is 403 g/mol. The summed E-state index contributed by atoms with van der Waals surface area (Å²) in [4.78, 5) is 0. The third-order valence-corrected chi connectivity index (χ3v) is 4.93.